The predicted octanol–water partition coefficient (Wildman–Crippen LogP) is 0.836. The standard InChI is InChI=1S/C19H20N4O4/c1-27-17-14(20-12-4-2-3-5-13(12)21-17)6-7-16(25)23-9-8-19(11-23)10-15(24)22-18(19)26/h2-5H,6-11H2,1H3,(H,22,24,26)/t19-/m1/s1. The van der Waals surface area contributed by atoms with Gasteiger partial charge in [0, 0.05) is 32.4 Å². The van der Waals surface area contributed by atoms with Crippen LogP contribution in [0.25, 0.3) is 11.0 Å². The van der Waals surface area contributed by atoms with Crippen molar-refractivity contribution in [3.63, 3.8) is 0 Å². The Hall–Kier alpha value is -3.03. The van der Waals surface area contributed by atoms with Crippen LogP contribution in [-0.4, -0.2) is 52.8 Å². The van der Waals surface area contributed by atoms with Crippen molar-refractivity contribution >= 4 is 28.8 Å². The average Bonchev–Trinajstić information content (AvgIpc) is 3.22. The van der Waals surface area contributed by atoms with Gasteiger partial charge in [-0.15, -0.1) is 0 Å². The second-order valence-electron chi connectivity index (χ2n) is 7.07. The Kier molecular flexibility index (Phi) is 4.25. The van der Waals surface area contributed by atoms with Crippen LogP contribution in [0.15, 0.2) is 24.3 Å². The number of carbonyl (C=O) groups is 3. The molecule has 4 rings (SSSR count). The number of imide groups is 1. The van der Waals surface area contributed by atoms with Gasteiger partial charge in [-0.2, -0.15) is 0 Å². The molecule has 1 aromatic heterocycles. The van der Waals surface area contributed by atoms with Crippen LogP contribution in [-0.2, 0) is 20.8 Å². The minimum atomic E-state index is -0.743. The van der Waals surface area contributed by atoms with Crippen molar-refractivity contribution < 1.29 is 19.1 Å². The van der Waals surface area contributed by atoms with Gasteiger partial charge >= 0.3 is 0 Å². The van der Waals surface area contributed by atoms with E-state index < -0.39 is 5.41 Å². The largest absolute Gasteiger partial charge is 0.480 e. The van der Waals surface area contributed by atoms with Crippen molar-refractivity contribution in [2.24, 2.45) is 5.41 Å². The molecule has 27 heavy (non-hydrogen) atoms. The predicted molar refractivity (Wildman–Crippen MR) is 95.8 cm³/mol. The van der Waals surface area contributed by atoms with E-state index in [-0.39, 0.29) is 30.6 Å². The second-order valence-corrected chi connectivity index (χ2v) is 7.07. The number of hydrogen-bond acceptors (Lipinski definition) is 6. The summed E-state index contributed by atoms with van der Waals surface area (Å²) < 4.78 is 5.32. The molecule has 0 radical (unpaired) electrons. The van der Waals surface area contributed by atoms with E-state index in [4.69, 9.17) is 4.74 Å². The number of nitrogens with zero attached hydrogens (tertiary/aromatic N) is 3. The van der Waals surface area contributed by atoms with Crippen LogP contribution in [0.5, 0.6) is 5.88 Å². The zero-order valence-corrected chi connectivity index (χ0v) is 15.0. The summed E-state index contributed by atoms with van der Waals surface area (Å²) in [5.74, 6) is -0.161. The van der Waals surface area contributed by atoms with Gasteiger partial charge in [-0.1, -0.05) is 12.1 Å². The highest BCUT2D eigenvalue weighted by atomic mass is 16.5. The van der Waals surface area contributed by atoms with Crippen LogP contribution in [0, 0.1) is 5.41 Å². The highest BCUT2D eigenvalue weighted by Gasteiger charge is 2.51. The molecule has 0 unspecified atom stereocenters. The number of aromatic nitrogens is 2. The Balaban J connectivity index is 1.45. The van der Waals surface area contributed by atoms with Crippen molar-refractivity contribution in [2.75, 3.05) is 20.2 Å². The van der Waals surface area contributed by atoms with Gasteiger partial charge < -0.3 is 9.64 Å². The smallest absolute Gasteiger partial charge is 0.235 e. The summed E-state index contributed by atoms with van der Waals surface area (Å²) in [5, 5.41) is 2.35. The molecule has 1 atom stereocenters. The summed E-state index contributed by atoms with van der Waals surface area (Å²) in [5.41, 5.74) is 1.38. The van der Waals surface area contributed by atoms with E-state index in [1.807, 2.05) is 24.3 Å². The first-order valence-electron chi connectivity index (χ1n) is 8.92. The van der Waals surface area contributed by atoms with Crippen LogP contribution in [0.3, 0.4) is 0 Å². The van der Waals surface area contributed by atoms with Crippen molar-refractivity contribution in [1.82, 2.24) is 20.2 Å². The zero-order chi connectivity index (χ0) is 19.0. The number of amides is 3. The average molecular weight is 368 g/mol. The van der Waals surface area contributed by atoms with E-state index in [9.17, 15) is 14.4 Å². The maximum atomic E-state index is 12.6. The molecule has 8 heteroatoms. The van der Waals surface area contributed by atoms with Gasteiger partial charge in [0.25, 0.3) is 0 Å². The lowest BCUT2D eigenvalue weighted by Crippen LogP contribution is -2.36. The summed E-state index contributed by atoms with van der Waals surface area (Å²) in [6.07, 6.45) is 1.33. The molecule has 2 aromatic rings. The van der Waals surface area contributed by atoms with Crippen molar-refractivity contribution in [2.45, 2.75) is 25.7 Å². The number of para-hydroxylation sites is 2. The number of rotatable bonds is 4. The Morgan fingerprint density at radius 2 is 2.00 bits per heavy atom. The molecule has 0 bridgehead atoms. The summed E-state index contributed by atoms with van der Waals surface area (Å²) in [6, 6.07) is 7.49. The van der Waals surface area contributed by atoms with Gasteiger partial charge in [-0.3, -0.25) is 19.7 Å². The summed E-state index contributed by atoms with van der Waals surface area (Å²) in [7, 11) is 1.53. The van der Waals surface area contributed by atoms with Gasteiger partial charge in [0.15, 0.2) is 0 Å². The third kappa shape index (κ3) is 3.11. The maximum absolute atomic E-state index is 12.6. The minimum Gasteiger partial charge on any atom is -0.480 e. The fourth-order valence-corrected chi connectivity index (χ4v) is 3.84. The van der Waals surface area contributed by atoms with E-state index >= 15 is 0 Å². The van der Waals surface area contributed by atoms with Gasteiger partial charge in [-0.25, -0.2) is 9.97 Å². The molecule has 2 aliphatic heterocycles. The van der Waals surface area contributed by atoms with E-state index in [0.29, 0.717) is 37.5 Å². The first-order valence-corrected chi connectivity index (χ1v) is 8.92. The Bertz CT molecular complexity index is 944. The molecule has 1 spiro atoms. The van der Waals surface area contributed by atoms with Crippen LogP contribution in [0.4, 0.5) is 0 Å². The molecule has 0 aliphatic carbocycles. The second kappa shape index (κ2) is 6.61. The molecule has 8 nitrogen and oxygen atoms in total. The maximum Gasteiger partial charge on any atom is 0.235 e. The molecule has 140 valence electrons. The normalized spacial score (nSPS) is 21.9. The molecule has 2 aliphatic rings. The Labute approximate surface area is 155 Å². The lowest BCUT2D eigenvalue weighted by Gasteiger charge is -2.20. The van der Waals surface area contributed by atoms with E-state index in [1.54, 1.807) is 4.90 Å². The molecule has 2 saturated heterocycles. The molecular formula is C19H20N4O4. The third-order valence-electron chi connectivity index (χ3n) is 5.32. The van der Waals surface area contributed by atoms with Crippen molar-refractivity contribution in [1.29, 1.82) is 0 Å². The highest BCUT2D eigenvalue weighted by molar-refractivity contribution is 6.06. The topological polar surface area (TPSA) is 101 Å². The number of ether oxygens (including phenoxy) is 1. The number of fused-ring (bicyclic) bond motifs is 1. The van der Waals surface area contributed by atoms with Gasteiger partial charge in [0.05, 0.1) is 23.6 Å². The first kappa shape index (κ1) is 17.4. The quantitative estimate of drug-likeness (QED) is 0.803. The van der Waals surface area contributed by atoms with E-state index in [1.165, 1.54) is 7.11 Å². The number of methoxy groups -OCH3 is 1. The molecule has 1 aromatic carbocycles. The minimum absolute atomic E-state index is 0.0592. The highest BCUT2D eigenvalue weighted by Crippen LogP contribution is 2.37. The molecular weight excluding hydrogens is 348 g/mol. The van der Waals surface area contributed by atoms with Crippen LogP contribution >= 0.6 is 0 Å². The summed E-state index contributed by atoms with van der Waals surface area (Å²) in [6.45, 7) is 0.782. The number of aryl methyl sites for hydroxylation is 1. The lowest BCUT2D eigenvalue weighted by molar-refractivity contribution is -0.131. The number of carbonyl (C=O) groups excluding carboxylic acids is 3. The van der Waals surface area contributed by atoms with Gasteiger partial charge in [0.1, 0.15) is 5.69 Å². The van der Waals surface area contributed by atoms with E-state index in [0.717, 1.165) is 11.0 Å². The molecule has 0 saturated carbocycles. The van der Waals surface area contributed by atoms with Crippen LogP contribution < -0.4 is 10.1 Å². The van der Waals surface area contributed by atoms with Crippen molar-refractivity contribution in [3.8, 4) is 5.88 Å². The first-order chi connectivity index (χ1) is 13.0. The zero-order valence-electron chi connectivity index (χ0n) is 15.0. The fourth-order valence-electron chi connectivity index (χ4n) is 3.84. The lowest BCUT2D eigenvalue weighted by atomic mass is 9.85. The monoisotopic (exact) mass is 368 g/mol. The number of likely N-dealkylation sites (tertiary alicyclic amines) is 1. The Morgan fingerprint density at radius 1 is 1.26 bits per heavy atom. The van der Waals surface area contributed by atoms with Crippen molar-refractivity contribution in [3.05, 3.63) is 30.0 Å². The Morgan fingerprint density at radius 3 is 2.67 bits per heavy atom. The number of hydrogen-bond donors (Lipinski definition) is 1. The van der Waals surface area contributed by atoms with E-state index in [2.05, 4.69) is 15.3 Å². The van der Waals surface area contributed by atoms with Gasteiger partial charge in [-0.05, 0) is 18.6 Å². The molecule has 2 fully saturated rings. The number of nitrogens with one attached hydrogen (secondary N) is 1. The van der Waals surface area contributed by atoms with Crippen LogP contribution in [0.1, 0.15) is 25.0 Å². The fraction of sp³-hybridized carbons (Fsp3) is 0.421. The summed E-state index contributed by atoms with van der Waals surface area (Å²) >= 11 is 0. The molecule has 1 N–H and O–H groups in total. The molecule has 3 heterocycles. The van der Waals surface area contributed by atoms with Crippen LogP contribution in [0.2, 0.25) is 0 Å². The van der Waals surface area contributed by atoms with Gasteiger partial charge in [0.2, 0.25) is 23.6 Å². The SMILES string of the molecule is COc1nc2ccccc2nc1CCC(=O)N1CC[C@@]2(CC(=O)NC2=O)C1. The summed E-state index contributed by atoms with van der Waals surface area (Å²) in [4.78, 5) is 46.9. The number of benzene rings is 1. The molecule has 3 amide bonds. The third-order valence-corrected chi connectivity index (χ3v) is 5.32.